The average Bonchev–Trinajstić information content (AvgIpc) is 2.89. The molecule has 0 aromatic carbocycles. The standard InChI is InChI=1S/C21H33N5O2/c1-5-17(6-2)15-25-19(27)21(26(20(25)28)14-16(3)4)7-11-24(12-8-21)18-13-22-9-10-23-18/h9-10,13,16-17H,5-8,11-12,14-15H2,1-4H3. The second kappa shape index (κ2) is 8.45. The number of urea groups is 1. The molecule has 2 aliphatic rings. The lowest BCUT2D eigenvalue weighted by molar-refractivity contribution is -0.134. The molecular formula is C21H33N5O2. The van der Waals surface area contributed by atoms with Gasteiger partial charge in [-0.3, -0.25) is 14.7 Å². The molecule has 1 spiro atoms. The number of carbonyl (C=O) groups excluding carboxylic acids is 2. The molecule has 1 aromatic heterocycles. The van der Waals surface area contributed by atoms with E-state index in [4.69, 9.17) is 0 Å². The highest BCUT2D eigenvalue weighted by Crippen LogP contribution is 2.39. The Kier molecular flexibility index (Phi) is 6.20. The molecule has 7 heteroatoms. The van der Waals surface area contributed by atoms with Crippen molar-refractivity contribution in [3.8, 4) is 0 Å². The van der Waals surface area contributed by atoms with E-state index in [9.17, 15) is 9.59 Å². The van der Waals surface area contributed by atoms with E-state index in [1.165, 1.54) is 4.90 Å². The van der Waals surface area contributed by atoms with Gasteiger partial charge in [-0.15, -0.1) is 0 Å². The van der Waals surface area contributed by atoms with Gasteiger partial charge in [-0.05, 0) is 24.7 Å². The lowest BCUT2D eigenvalue weighted by Gasteiger charge is -2.43. The zero-order valence-corrected chi connectivity index (χ0v) is 17.6. The number of piperidine rings is 1. The molecule has 0 bridgehead atoms. The van der Waals surface area contributed by atoms with Gasteiger partial charge >= 0.3 is 6.03 Å². The van der Waals surface area contributed by atoms with E-state index in [1.54, 1.807) is 18.6 Å². The molecule has 0 unspecified atom stereocenters. The summed E-state index contributed by atoms with van der Waals surface area (Å²) in [7, 11) is 0. The topological polar surface area (TPSA) is 69.6 Å². The Balaban J connectivity index is 1.82. The molecule has 3 rings (SSSR count). The fourth-order valence-corrected chi connectivity index (χ4v) is 4.41. The van der Waals surface area contributed by atoms with Crippen molar-refractivity contribution in [2.75, 3.05) is 31.1 Å². The number of anilines is 1. The first kappa shape index (κ1) is 20.6. The number of hydrogen-bond acceptors (Lipinski definition) is 5. The normalized spacial score (nSPS) is 19.6. The monoisotopic (exact) mass is 387 g/mol. The Morgan fingerprint density at radius 3 is 2.29 bits per heavy atom. The van der Waals surface area contributed by atoms with Crippen LogP contribution in [0.15, 0.2) is 18.6 Å². The minimum Gasteiger partial charge on any atom is -0.355 e. The van der Waals surface area contributed by atoms with Crippen LogP contribution in [0, 0.1) is 11.8 Å². The van der Waals surface area contributed by atoms with Gasteiger partial charge in [0.15, 0.2) is 0 Å². The molecule has 28 heavy (non-hydrogen) atoms. The maximum Gasteiger partial charge on any atom is 0.327 e. The van der Waals surface area contributed by atoms with Crippen molar-refractivity contribution in [3.63, 3.8) is 0 Å². The lowest BCUT2D eigenvalue weighted by Crippen LogP contribution is -2.57. The first-order chi connectivity index (χ1) is 13.4. The molecule has 154 valence electrons. The van der Waals surface area contributed by atoms with Gasteiger partial charge in [-0.2, -0.15) is 0 Å². The molecule has 0 radical (unpaired) electrons. The Bertz CT molecular complexity index is 681. The van der Waals surface area contributed by atoms with E-state index in [1.807, 2.05) is 4.90 Å². The fraction of sp³-hybridized carbons (Fsp3) is 0.714. The number of nitrogens with zero attached hydrogens (tertiary/aromatic N) is 5. The summed E-state index contributed by atoms with van der Waals surface area (Å²) in [5.41, 5.74) is -0.702. The molecular weight excluding hydrogens is 354 g/mol. The highest BCUT2D eigenvalue weighted by Gasteiger charge is 2.58. The quantitative estimate of drug-likeness (QED) is 0.672. The van der Waals surface area contributed by atoms with Crippen LogP contribution in [0.25, 0.3) is 0 Å². The molecule has 0 saturated carbocycles. The van der Waals surface area contributed by atoms with Crippen LogP contribution in [0.2, 0.25) is 0 Å². The molecule has 2 saturated heterocycles. The van der Waals surface area contributed by atoms with Crippen molar-refractivity contribution in [2.24, 2.45) is 11.8 Å². The third-order valence-corrected chi connectivity index (χ3v) is 6.23. The van der Waals surface area contributed by atoms with Gasteiger partial charge in [0.1, 0.15) is 11.4 Å². The van der Waals surface area contributed by atoms with Crippen molar-refractivity contribution in [1.82, 2.24) is 19.8 Å². The minimum absolute atomic E-state index is 0.00356. The predicted molar refractivity (Wildman–Crippen MR) is 109 cm³/mol. The summed E-state index contributed by atoms with van der Waals surface area (Å²) in [5, 5.41) is 0. The van der Waals surface area contributed by atoms with E-state index in [0.717, 1.165) is 18.7 Å². The fourth-order valence-electron chi connectivity index (χ4n) is 4.41. The van der Waals surface area contributed by atoms with Crippen molar-refractivity contribution in [1.29, 1.82) is 0 Å². The number of rotatable bonds is 7. The molecule has 7 nitrogen and oxygen atoms in total. The first-order valence-electron chi connectivity index (χ1n) is 10.6. The summed E-state index contributed by atoms with van der Waals surface area (Å²) in [4.78, 5) is 40.9. The van der Waals surface area contributed by atoms with Crippen LogP contribution >= 0.6 is 0 Å². The largest absolute Gasteiger partial charge is 0.355 e. The Morgan fingerprint density at radius 1 is 1.07 bits per heavy atom. The average molecular weight is 388 g/mol. The van der Waals surface area contributed by atoms with Crippen LogP contribution < -0.4 is 4.90 Å². The summed E-state index contributed by atoms with van der Waals surface area (Å²) in [6, 6.07) is -0.0986. The first-order valence-corrected chi connectivity index (χ1v) is 10.6. The van der Waals surface area contributed by atoms with Crippen LogP contribution in [0.4, 0.5) is 10.6 Å². The van der Waals surface area contributed by atoms with Gasteiger partial charge in [-0.25, -0.2) is 9.78 Å². The lowest BCUT2D eigenvalue weighted by atomic mass is 9.85. The van der Waals surface area contributed by atoms with Crippen LogP contribution in [-0.4, -0.2) is 63.4 Å². The second-order valence-electron chi connectivity index (χ2n) is 8.47. The maximum atomic E-state index is 13.5. The van der Waals surface area contributed by atoms with Crippen LogP contribution in [0.1, 0.15) is 53.4 Å². The van der Waals surface area contributed by atoms with Gasteiger partial charge in [0.05, 0.1) is 6.20 Å². The third-order valence-electron chi connectivity index (χ3n) is 6.23. The van der Waals surface area contributed by atoms with Gasteiger partial charge in [0, 0.05) is 38.6 Å². The van der Waals surface area contributed by atoms with E-state index >= 15 is 0 Å². The molecule has 2 fully saturated rings. The van der Waals surface area contributed by atoms with E-state index in [0.29, 0.717) is 50.9 Å². The molecule has 3 heterocycles. The van der Waals surface area contributed by atoms with Crippen LogP contribution in [-0.2, 0) is 4.79 Å². The van der Waals surface area contributed by atoms with Gasteiger partial charge < -0.3 is 9.80 Å². The molecule has 0 N–H and O–H groups in total. The van der Waals surface area contributed by atoms with E-state index in [2.05, 4.69) is 42.6 Å². The minimum atomic E-state index is -0.702. The smallest absolute Gasteiger partial charge is 0.327 e. The molecule has 0 aliphatic carbocycles. The summed E-state index contributed by atoms with van der Waals surface area (Å²) in [5.74, 6) is 1.52. The molecule has 1 aromatic rings. The Hall–Kier alpha value is -2.18. The van der Waals surface area contributed by atoms with Crippen molar-refractivity contribution >= 4 is 17.8 Å². The van der Waals surface area contributed by atoms with Gasteiger partial charge in [0.2, 0.25) is 0 Å². The zero-order chi connectivity index (χ0) is 20.3. The maximum absolute atomic E-state index is 13.5. The predicted octanol–water partition coefficient (Wildman–Crippen LogP) is 3.17. The number of hydrogen-bond donors (Lipinski definition) is 0. The summed E-state index contributed by atoms with van der Waals surface area (Å²) in [6.07, 6.45) is 8.34. The molecule has 2 aliphatic heterocycles. The Morgan fingerprint density at radius 2 is 1.75 bits per heavy atom. The summed E-state index contributed by atoms with van der Waals surface area (Å²) in [6.45, 7) is 11.0. The van der Waals surface area contributed by atoms with Crippen LogP contribution in [0.5, 0.6) is 0 Å². The number of aromatic nitrogens is 2. The zero-order valence-electron chi connectivity index (χ0n) is 17.6. The Labute approximate surface area is 168 Å². The third kappa shape index (κ3) is 3.71. The van der Waals surface area contributed by atoms with Crippen LogP contribution in [0.3, 0.4) is 0 Å². The van der Waals surface area contributed by atoms with Gasteiger partial charge in [0.25, 0.3) is 5.91 Å². The molecule has 3 amide bonds. The number of amides is 3. The van der Waals surface area contributed by atoms with E-state index < -0.39 is 5.54 Å². The van der Waals surface area contributed by atoms with Crippen molar-refractivity contribution < 1.29 is 9.59 Å². The summed E-state index contributed by atoms with van der Waals surface area (Å²) < 4.78 is 0. The summed E-state index contributed by atoms with van der Waals surface area (Å²) >= 11 is 0. The van der Waals surface area contributed by atoms with Crippen molar-refractivity contribution in [2.45, 2.75) is 58.9 Å². The van der Waals surface area contributed by atoms with Crippen molar-refractivity contribution in [3.05, 3.63) is 18.6 Å². The van der Waals surface area contributed by atoms with E-state index in [-0.39, 0.29) is 11.9 Å². The number of imide groups is 1. The molecule has 0 atom stereocenters. The number of carbonyl (C=O) groups is 2. The highest BCUT2D eigenvalue weighted by atomic mass is 16.2. The second-order valence-corrected chi connectivity index (χ2v) is 8.47. The van der Waals surface area contributed by atoms with Gasteiger partial charge in [-0.1, -0.05) is 40.5 Å². The highest BCUT2D eigenvalue weighted by molar-refractivity contribution is 6.07. The SMILES string of the molecule is CCC(CC)CN1C(=O)N(CC(C)C)C2(CCN(c3cnccn3)CC2)C1=O.